The highest BCUT2D eigenvalue weighted by molar-refractivity contribution is 9.10. The number of hydrogen-bond acceptors (Lipinski definition) is 5. The average Bonchev–Trinajstić information content (AvgIpc) is 3.15. The molecular weight excluding hydrogens is 442 g/mol. The Balaban J connectivity index is 2.08. The summed E-state index contributed by atoms with van der Waals surface area (Å²) in [4.78, 5) is 42.1. The van der Waals surface area contributed by atoms with Crippen LogP contribution in [-0.4, -0.2) is 42.8 Å². The summed E-state index contributed by atoms with van der Waals surface area (Å²) in [6, 6.07) is 1.95. The van der Waals surface area contributed by atoms with Crippen LogP contribution in [0.25, 0.3) is 11.2 Å². The van der Waals surface area contributed by atoms with Crippen molar-refractivity contribution < 1.29 is 9.53 Å². The van der Waals surface area contributed by atoms with Crippen molar-refractivity contribution in [3.8, 4) is 0 Å². The normalized spacial score (nSPS) is 12.7. The molecule has 0 N–H and O–H groups in total. The first-order valence-electron chi connectivity index (χ1n) is 9.12. The van der Waals surface area contributed by atoms with E-state index in [9.17, 15) is 14.4 Å². The largest absolute Gasteiger partial charge is 0.383 e. The van der Waals surface area contributed by atoms with Gasteiger partial charge in [-0.05, 0) is 42.8 Å². The van der Waals surface area contributed by atoms with Crippen LogP contribution in [0, 0.1) is 13.8 Å². The number of methoxy groups -OCH3 is 1. The third kappa shape index (κ3) is 3.40. The summed E-state index contributed by atoms with van der Waals surface area (Å²) in [6.07, 6.45) is 0. The van der Waals surface area contributed by atoms with E-state index in [-0.39, 0.29) is 23.9 Å². The summed E-state index contributed by atoms with van der Waals surface area (Å²) in [5, 5.41) is 0. The van der Waals surface area contributed by atoms with Crippen LogP contribution in [0.1, 0.15) is 34.7 Å². The van der Waals surface area contributed by atoms with Crippen molar-refractivity contribution in [3.05, 3.63) is 48.6 Å². The highest BCUT2D eigenvalue weighted by Gasteiger charge is 2.23. The molecule has 3 aromatic rings. The van der Waals surface area contributed by atoms with Crippen molar-refractivity contribution in [3.63, 3.8) is 0 Å². The van der Waals surface area contributed by atoms with E-state index in [1.165, 1.54) is 11.6 Å². The lowest BCUT2D eigenvalue weighted by Crippen LogP contribution is -2.37. The number of aryl methyl sites for hydroxylation is 2. The average molecular weight is 466 g/mol. The molecule has 3 rings (SSSR count). The number of halogens is 1. The van der Waals surface area contributed by atoms with Crippen LogP contribution in [-0.2, 0) is 25.4 Å². The van der Waals surface area contributed by atoms with Gasteiger partial charge in [0.25, 0.3) is 5.56 Å². The number of fused-ring (bicyclic) bond motifs is 1. The van der Waals surface area contributed by atoms with Gasteiger partial charge < -0.3 is 9.30 Å². The molecule has 0 amide bonds. The third-order valence-corrected chi connectivity index (χ3v) is 5.83. The van der Waals surface area contributed by atoms with E-state index in [1.807, 2.05) is 26.8 Å². The predicted octanol–water partition coefficient (Wildman–Crippen LogP) is 1.70. The second-order valence-corrected chi connectivity index (χ2v) is 7.94. The molecule has 0 aromatic carbocycles. The fourth-order valence-corrected chi connectivity index (χ4v) is 4.36. The molecule has 1 unspecified atom stereocenters. The quantitative estimate of drug-likeness (QED) is 0.408. The summed E-state index contributed by atoms with van der Waals surface area (Å²) in [6.45, 7) is 6.36. The number of nitrogens with zero attached hydrogens (tertiary/aromatic N) is 5. The molecule has 3 heterocycles. The Kier molecular flexibility index (Phi) is 5.68. The molecule has 29 heavy (non-hydrogen) atoms. The van der Waals surface area contributed by atoms with Crippen LogP contribution in [0.4, 0.5) is 0 Å². The van der Waals surface area contributed by atoms with Crippen LogP contribution >= 0.6 is 15.9 Å². The Labute approximate surface area is 175 Å². The first-order chi connectivity index (χ1) is 13.6. The van der Waals surface area contributed by atoms with Gasteiger partial charge in [-0.15, -0.1) is 0 Å². The zero-order valence-electron chi connectivity index (χ0n) is 17.3. The lowest BCUT2D eigenvalue weighted by atomic mass is 10.1. The van der Waals surface area contributed by atoms with Gasteiger partial charge in [0.1, 0.15) is 0 Å². The van der Waals surface area contributed by atoms with Gasteiger partial charge in [0.05, 0.1) is 19.2 Å². The van der Waals surface area contributed by atoms with Crippen molar-refractivity contribution in [1.29, 1.82) is 0 Å². The molecule has 0 saturated carbocycles. The van der Waals surface area contributed by atoms with Crippen molar-refractivity contribution in [2.45, 2.75) is 33.4 Å². The fourth-order valence-electron chi connectivity index (χ4n) is 3.88. The minimum Gasteiger partial charge on any atom is -0.383 e. The van der Waals surface area contributed by atoms with Gasteiger partial charge in [0.2, 0.25) is 0 Å². The number of carbonyl (C=O) groups excluding carboxylic acids is 1. The molecular formula is C19H24BrN5O4. The second-order valence-electron chi connectivity index (χ2n) is 7.23. The summed E-state index contributed by atoms with van der Waals surface area (Å²) >= 11 is 3.32. The highest BCUT2D eigenvalue weighted by Crippen LogP contribution is 2.23. The second kappa shape index (κ2) is 7.75. The highest BCUT2D eigenvalue weighted by atomic mass is 79.9. The Morgan fingerprint density at radius 2 is 1.90 bits per heavy atom. The van der Waals surface area contributed by atoms with Crippen LogP contribution in [0.2, 0.25) is 0 Å². The Morgan fingerprint density at radius 3 is 2.52 bits per heavy atom. The number of ether oxygens (including phenoxy) is 1. The minimum atomic E-state index is -0.499. The van der Waals surface area contributed by atoms with Crippen LogP contribution in [0.3, 0.4) is 0 Å². The van der Waals surface area contributed by atoms with Crippen molar-refractivity contribution in [2.75, 3.05) is 13.7 Å². The first-order valence-corrected chi connectivity index (χ1v) is 9.91. The molecule has 0 bridgehead atoms. The summed E-state index contributed by atoms with van der Waals surface area (Å²) in [5.74, 6) is -0.137. The number of Topliss-reactive ketones (excluding diaryl/α,β-unsaturated/α-hetero) is 1. The maximum Gasteiger partial charge on any atom is 0.332 e. The van der Waals surface area contributed by atoms with Crippen molar-refractivity contribution in [1.82, 2.24) is 23.3 Å². The maximum atomic E-state index is 13.1. The molecule has 0 saturated heterocycles. The lowest BCUT2D eigenvalue weighted by molar-refractivity contribution is 0.0971. The molecule has 3 aromatic heterocycles. The van der Waals surface area contributed by atoms with Crippen LogP contribution in [0.15, 0.2) is 20.4 Å². The Morgan fingerprint density at radius 1 is 1.24 bits per heavy atom. The standard InChI is InChI=1S/C19H24BrN5O4/c1-10-7-13(12(3)25(10)11(2)9-29-6)14(26)8-24-16-15(21-18(24)20)17(27)23(5)19(28)22(16)4/h7,11H,8-9H2,1-6H3. The molecule has 0 spiro atoms. The minimum absolute atomic E-state index is 0.0551. The molecule has 0 fully saturated rings. The smallest absolute Gasteiger partial charge is 0.332 e. The van der Waals surface area contributed by atoms with Gasteiger partial charge in [-0.25, -0.2) is 9.78 Å². The number of aromatic nitrogens is 5. The fraction of sp³-hybridized carbons (Fsp3) is 0.474. The third-order valence-electron chi connectivity index (χ3n) is 5.23. The molecule has 10 heteroatoms. The van der Waals surface area contributed by atoms with Crippen molar-refractivity contribution in [2.24, 2.45) is 14.1 Å². The van der Waals surface area contributed by atoms with E-state index in [0.29, 0.717) is 22.6 Å². The van der Waals surface area contributed by atoms with Gasteiger partial charge in [-0.2, -0.15) is 0 Å². The number of ketones is 1. The van der Waals surface area contributed by atoms with Gasteiger partial charge in [0.15, 0.2) is 21.7 Å². The predicted molar refractivity (Wildman–Crippen MR) is 113 cm³/mol. The van der Waals surface area contributed by atoms with Crippen LogP contribution < -0.4 is 11.2 Å². The molecule has 0 aliphatic carbocycles. The number of carbonyl (C=O) groups is 1. The molecule has 0 radical (unpaired) electrons. The first kappa shape index (κ1) is 21.3. The van der Waals surface area contributed by atoms with Crippen LogP contribution in [0.5, 0.6) is 0 Å². The van der Waals surface area contributed by atoms with Gasteiger partial charge >= 0.3 is 5.69 Å². The molecule has 0 aliphatic heterocycles. The van der Waals surface area contributed by atoms with Gasteiger partial charge in [-0.1, -0.05) is 0 Å². The van der Waals surface area contributed by atoms with E-state index in [0.717, 1.165) is 16.0 Å². The van der Waals surface area contributed by atoms with Crippen molar-refractivity contribution >= 4 is 32.9 Å². The Bertz CT molecular complexity index is 1230. The maximum absolute atomic E-state index is 13.1. The monoisotopic (exact) mass is 465 g/mol. The van der Waals surface area contributed by atoms with E-state index >= 15 is 0 Å². The molecule has 9 nitrogen and oxygen atoms in total. The topological polar surface area (TPSA) is 93.1 Å². The van der Waals surface area contributed by atoms with E-state index in [1.54, 1.807) is 18.7 Å². The zero-order chi connectivity index (χ0) is 21.6. The number of hydrogen-bond donors (Lipinski definition) is 0. The van der Waals surface area contributed by atoms with Gasteiger partial charge in [0, 0.05) is 38.2 Å². The summed E-state index contributed by atoms with van der Waals surface area (Å²) in [7, 11) is 4.60. The van der Waals surface area contributed by atoms with E-state index < -0.39 is 11.2 Å². The van der Waals surface area contributed by atoms with E-state index in [2.05, 4.69) is 25.5 Å². The summed E-state index contributed by atoms with van der Waals surface area (Å²) in [5.41, 5.74) is 1.87. The molecule has 156 valence electrons. The number of imidazole rings is 1. The SMILES string of the molecule is COCC(C)n1c(C)cc(C(=O)Cn2c(Br)nc3c(=O)n(C)c(=O)n(C)c32)c1C. The van der Waals surface area contributed by atoms with Gasteiger partial charge in [-0.3, -0.25) is 23.3 Å². The Hall–Kier alpha value is -2.46. The molecule has 0 aliphatic rings. The number of rotatable bonds is 6. The molecule has 1 atom stereocenters. The zero-order valence-corrected chi connectivity index (χ0v) is 18.9. The summed E-state index contributed by atoms with van der Waals surface area (Å²) < 4.78 is 11.5. The lowest BCUT2D eigenvalue weighted by Gasteiger charge is -2.17. The van der Waals surface area contributed by atoms with E-state index in [4.69, 9.17) is 4.74 Å².